The Morgan fingerprint density at radius 1 is 0.931 bits per heavy atom. The van der Waals surface area contributed by atoms with Crippen LogP contribution in [0.3, 0.4) is 0 Å². The number of halogens is 2. The van der Waals surface area contributed by atoms with Gasteiger partial charge in [0.2, 0.25) is 20.0 Å². The van der Waals surface area contributed by atoms with Crippen LogP contribution in [0.15, 0.2) is 46.2 Å². The summed E-state index contributed by atoms with van der Waals surface area (Å²) in [7, 11) is -7.97. The molecule has 1 aliphatic rings. The average molecular weight is 445 g/mol. The Bertz CT molecular complexity index is 1130. The van der Waals surface area contributed by atoms with E-state index in [0.29, 0.717) is 24.0 Å². The molecule has 0 radical (unpaired) electrons. The van der Waals surface area contributed by atoms with Crippen LogP contribution in [0.5, 0.6) is 0 Å². The Morgan fingerprint density at radius 3 is 1.97 bits per heavy atom. The molecule has 10 heteroatoms. The van der Waals surface area contributed by atoms with Crippen molar-refractivity contribution in [2.24, 2.45) is 0 Å². The molecule has 2 aromatic carbocycles. The molecule has 6 nitrogen and oxygen atoms in total. The van der Waals surface area contributed by atoms with Crippen LogP contribution >= 0.6 is 0 Å². The lowest BCUT2D eigenvalue weighted by Crippen LogP contribution is -2.40. The molecule has 1 aliphatic carbocycles. The van der Waals surface area contributed by atoms with Crippen molar-refractivity contribution < 1.29 is 25.6 Å². The van der Waals surface area contributed by atoms with E-state index in [-0.39, 0.29) is 28.9 Å². The molecule has 1 fully saturated rings. The van der Waals surface area contributed by atoms with E-state index in [4.69, 9.17) is 0 Å². The molecule has 0 atom stereocenters. The summed E-state index contributed by atoms with van der Waals surface area (Å²) in [5.41, 5.74) is 0.653. The van der Waals surface area contributed by atoms with Crippen LogP contribution in [0.1, 0.15) is 24.0 Å². The zero-order chi connectivity index (χ0) is 21.4. The highest BCUT2D eigenvalue weighted by Gasteiger charge is 2.38. The summed E-state index contributed by atoms with van der Waals surface area (Å²) < 4.78 is 81.6. The standard InChI is InChI=1S/C19H22F2N2O4S2/c1-13-3-7-16(11-18(13)20)28(24,25)22-9-10-23(15-5-6-15)29(26,27)17-8-4-14(2)19(21)12-17/h3-4,7-8,11-12,15,22H,5-6,9-10H2,1-2H3. The third kappa shape index (κ3) is 4.82. The molecule has 0 saturated heterocycles. The van der Waals surface area contributed by atoms with Crippen LogP contribution in [0.2, 0.25) is 0 Å². The largest absolute Gasteiger partial charge is 0.243 e. The summed E-state index contributed by atoms with van der Waals surface area (Å²) in [4.78, 5) is -0.405. The normalized spacial score (nSPS) is 15.1. The minimum atomic E-state index is -3.99. The molecule has 0 heterocycles. The van der Waals surface area contributed by atoms with E-state index in [1.165, 1.54) is 42.4 Å². The number of hydrogen-bond donors (Lipinski definition) is 1. The van der Waals surface area contributed by atoms with Crippen LogP contribution in [0.25, 0.3) is 0 Å². The maximum atomic E-state index is 13.8. The molecule has 29 heavy (non-hydrogen) atoms. The number of nitrogens with one attached hydrogen (secondary N) is 1. The third-order valence-corrected chi connectivity index (χ3v) is 8.19. The van der Waals surface area contributed by atoms with E-state index >= 15 is 0 Å². The van der Waals surface area contributed by atoms with Crippen molar-refractivity contribution >= 4 is 20.0 Å². The average Bonchev–Trinajstić information content (AvgIpc) is 3.47. The smallest absolute Gasteiger partial charge is 0.210 e. The zero-order valence-electron chi connectivity index (χ0n) is 16.0. The number of aryl methyl sites for hydroxylation is 2. The van der Waals surface area contributed by atoms with E-state index in [1.807, 2.05) is 0 Å². The van der Waals surface area contributed by atoms with Crippen molar-refractivity contribution in [2.45, 2.75) is 42.5 Å². The van der Waals surface area contributed by atoms with Gasteiger partial charge in [0.1, 0.15) is 11.6 Å². The second-order valence-electron chi connectivity index (χ2n) is 7.07. The van der Waals surface area contributed by atoms with Gasteiger partial charge in [0.05, 0.1) is 9.79 Å². The van der Waals surface area contributed by atoms with E-state index in [9.17, 15) is 25.6 Å². The summed E-state index contributed by atoms with van der Waals surface area (Å²) in [5, 5.41) is 0. The molecular weight excluding hydrogens is 422 g/mol. The fourth-order valence-corrected chi connectivity index (χ4v) is 5.58. The second-order valence-corrected chi connectivity index (χ2v) is 10.7. The van der Waals surface area contributed by atoms with Gasteiger partial charge in [0.15, 0.2) is 0 Å². The quantitative estimate of drug-likeness (QED) is 0.679. The Kier molecular flexibility index (Phi) is 6.09. The maximum Gasteiger partial charge on any atom is 0.243 e. The van der Waals surface area contributed by atoms with Gasteiger partial charge in [-0.2, -0.15) is 4.31 Å². The summed E-state index contributed by atoms with van der Waals surface area (Å²) in [5.74, 6) is -1.26. The van der Waals surface area contributed by atoms with Gasteiger partial charge in [-0.1, -0.05) is 12.1 Å². The summed E-state index contributed by atoms with van der Waals surface area (Å²) in [6.07, 6.45) is 1.31. The number of nitrogens with zero attached hydrogens (tertiary/aromatic N) is 1. The van der Waals surface area contributed by atoms with E-state index in [0.717, 1.165) is 12.1 Å². The SMILES string of the molecule is Cc1ccc(S(=O)(=O)NCCN(C2CC2)S(=O)(=O)c2ccc(C)c(F)c2)cc1F. The van der Waals surface area contributed by atoms with Gasteiger partial charge in [-0.15, -0.1) is 0 Å². The molecule has 0 amide bonds. The number of sulfonamides is 2. The Morgan fingerprint density at radius 2 is 1.45 bits per heavy atom. The van der Waals surface area contributed by atoms with Crippen LogP contribution in [-0.2, 0) is 20.0 Å². The van der Waals surface area contributed by atoms with Gasteiger partial charge in [-0.25, -0.2) is 30.3 Å². The minimum absolute atomic E-state index is 0.115. The van der Waals surface area contributed by atoms with Crippen molar-refractivity contribution in [3.05, 3.63) is 59.2 Å². The molecule has 0 aromatic heterocycles. The maximum absolute atomic E-state index is 13.8. The molecule has 0 spiro atoms. The van der Waals surface area contributed by atoms with E-state index in [1.54, 1.807) is 0 Å². The highest BCUT2D eigenvalue weighted by Crippen LogP contribution is 2.32. The zero-order valence-corrected chi connectivity index (χ0v) is 17.7. The second kappa shape index (κ2) is 8.10. The van der Waals surface area contributed by atoms with Crippen molar-refractivity contribution in [3.8, 4) is 0 Å². The molecule has 0 aliphatic heterocycles. The molecule has 0 bridgehead atoms. The lowest BCUT2D eigenvalue weighted by atomic mass is 10.2. The monoisotopic (exact) mass is 444 g/mol. The topological polar surface area (TPSA) is 83.6 Å². The lowest BCUT2D eigenvalue weighted by molar-refractivity contribution is 0.405. The van der Waals surface area contributed by atoms with Crippen LogP contribution in [-0.4, -0.2) is 40.3 Å². The highest BCUT2D eigenvalue weighted by atomic mass is 32.2. The highest BCUT2D eigenvalue weighted by molar-refractivity contribution is 7.89. The Balaban J connectivity index is 1.74. The first-order chi connectivity index (χ1) is 13.5. The lowest BCUT2D eigenvalue weighted by Gasteiger charge is -2.22. The first kappa shape index (κ1) is 21.8. The minimum Gasteiger partial charge on any atom is -0.210 e. The summed E-state index contributed by atoms with van der Waals surface area (Å²) in [6.45, 7) is 2.75. The van der Waals surface area contributed by atoms with Gasteiger partial charge in [-0.05, 0) is 62.1 Å². The number of hydrogen-bond acceptors (Lipinski definition) is 4. The van der Waals surface area contributed by atoms with E-state index in [2.05, 4.69) is 4.72 Å². The molecular formula is C19H22F2N2O4S2. The molecule has 1 N–H and O–H groups in total. The molecule has 2 aromatic rings. The predicted octanol–water partition coefficient (Wildman–Crippen LogP) is 2.71. The van der Waals surface area contributed by atoms with Gasteiger partial charge >= 0.3 is 0 Å². The van der Waals surface area contributed by atoms with E-state index < -0.39 is 31.7 Å². The van der Waals surface area contributed by atoms with Crippen molar-refractivity contribution in [2.75, 3.05) is 13.1 Å². The number of rotatable bonds is 8. The Labute approximate surface area is 169 Å². The fraction of sp³-hybridized carbons (Fsp3) is 0.368. The van der Waals surface area contributed by atoms with Crippen molar-refractivity contribution in [1.82, 2.24) is 9.03 Å². The molecule has 1 saturated carbocycles. The fourth-order valence-electron chi connectivity index (χ4n) is 2.85. The first-order valence-corrected chi connectivity index (χ1v) is 12.0. The molecule has 0 unspecified atom stereocenters. The molecule has 3 rings (SSSR count). The molecule has 158 valence electrons. The van der Waals surface area contributed by atoms with Crippen LogP contribution < -0.4 is 4.72 Å². The third-order valence-electron chi connectivity index (χ3n) is 4.78. The first-order valence-electron chi connectivity index (χ1n) is 9.06. The van der Waals surface area contributed by atoms with Crippen molar-refractivity contribution in [1.29, 1.82) is 0 Å². The van der Waals surface area contributed by atoms with Gasteiger partial charge < -0.3 is 0 Å². The van der Waals surface area contributed by atoms with Crippen LogP contribution in [0, 0.1) is 25.5 Å². The summed E-state index contributed by atoms with van der Waals surface area (Å²) >= 11 is 0. The Hall–Kier alpha value is -1.88. The predicted molar refractivity (Wildman–Crippen MR) is 104 cm³/mol. The van der Waals surface area contributed by atoms with Crippen molar-refractivity contribution in [3.63, 3.8) is 0 Å². The van der Waals surface area contributed by atoms with Gasteiger partial charge in [0, 0.05) is 19.1 Å². The van der Waals surface area contributed by atoms with Gasteiger partial charge in [0.25, 0.3) is 0 Å². The van der Waals surface area contributed by atoms with Gasteiger partial charge in [-0.3, -0.25) is 0 Å². The van der Waals surface area contributed by atoms with Crippen LogP contribution in [0.4, 0.5) is 8.78 Å². The summed E-state index contributed by atoms with van der Waals surface area (Å²) in [6, 6.07) is 7.01. The number of benzene rings is 2.